The quantitative estimate of drug-likeness (QED) is 0.607. The van der Waals surface area contributed by atoms with Crippen molar-refractivity contribution < 1.29 is 4.79 Å². The molecule has 0 radical (unpaired) electrons. The molecule has 0 atom stereocenters. The summed E-state index contributed by atoms with van der Waals surface area (Å²) in [4.78, 5) is 21.3. The minimum atomic E-state index is -0.155. The summed E-state index contributed by atoms with van der Waals surface area (Å²) in [6.45, 7) is 3.88. The normalized spacial score (nSPS) is 14.5. The molecule has 7 heteroatoms. The van der Waals surface area contributed by atoms with Crippen molar-refractivity contribution in [2.75, 3.05) is 23.7 Å². The van der Waals surface area contributed by atoms with Gasteiger partial charge in [-0.25, -0.2) is 4.98 Å². The average molecular weight is 402 g/mol. The van der Waals surface area contributed by atoms with Gasteiger partial charge in [0.1, 0.15) is 11.4 Å². The lowest BCUT2D eigenvalue weighted by Crippen LogP contribution is -2.26. The molecule has 0 spiro atoms. The summed E-state index contributed by atoms with van der Waals surface area (Å²) >= 11 is 5.93. The van der Waals surface area contributed by atoms with Gasteiger partial charge in [-0.15, -0.1) is 0 Å². The van der Waals surface area contributed by atoms with Gasteiger partial charge in [-0.3, -0.25) is 4.79 Å². The fourth-order valence-corrected chi connectivity index (χ4v) is 3.57. The molecule has 0 aliphatic heterocycles. The van der Waals surface area contributed by atoms with E-state index in [9.17, 15) is 4.79 Å². The van der Waals surface area contributed by atoms with E-state index in [2.05, 4.69) is 25.9 Å². The zero-order valence-electron chi connectivity index (χ0n) is 16.3. The minimum absolute atomic E-state index is 0.155. The number of amides is 1. The smallest absolute Gasteiger partial charge is 0.256 e. The minimum Gasteiger partial charge on any atom is -0.369 e. The third kappa shape index (κ3) is 5.83. The number of benzene rings is 1. The average Bonchev–Trinajstić information content (AvgIpc) is 2.73. The molecule has 1 aromatic carbocycles. The number of anilines is 2. The third-order valence-corrected chi connectivity index (χ3v) is 5.27. The lowest BCUT2D eigenvalue weighted by molar-refractivity contribution is 0.0956. The number of nitrogens with zero attached hydrogens (tertiary/aromatic N) is 2. The van der Waals surface area contributed by atoms with Crippen LogP contribution in [0.2, 0.25) is 5.02 Å². The summed E-state index contributed by atoms with van der Waals surface area (Å²) in [5.41, 5.74) is 1.56. The second-order valence-corrected chi connectivity index (χ2v) is 7.62. The van der Waals surface area contributed by atoms with Crippen LogP contribution in [0.15, 0.2) is 30.5 Å². The van der Waals surface area contributed by atoms with E-state index in [1.165, 1.54) is 32.1 Å². The summed E-state index contributed by atoms with van der Waals surface area (Å²) in [7, 11) is 0. The molecule has 0 saturated heterocycles. The van der Waals surface area contributed by atoms with Crippen LogP contribution in [0.4, 0.5) is 11.8 Å². The topological polar surface area (TPSA) is 78.9 Å². The molecule has 1 fully saturated rings. The van der Waals surface area contributed by atoms with Crippen LogP contribution in [0.25, 0.3) is 0 Å². The van der Waals surface area contributed by atoms with Crippen LogP contribution in [0.1, 0.15) is 54.9 Å². The molecule has 1 saturated carbocycles. The molecule has 2 aromatic rings. The Hall–Kier alpha value is -2.34. The number of hydrogen-bond donors (Lipinski definition) is 3. The van der Waals surface area contributed by atoms with Gasteiger partial charge in [0, 0.05) is 30.9 Å². The molecule has 28 heavy (non-hydrogen) atoms. The third-order valence-electron chi connectivity index (χ3n) is 5.02. The van der Waals surface area contributed by atoms with E-state index in [-0.39, 0.29) is 5.91 Å². The SMILES string of the molecule is CCNC(=O)c1cnc(NCc2ccc(Cl)cc2)nc1NCC1CCCCC1. The Kier molecular flexibility index (Phi) is 7.48. The van der Waals surface area contributed by atoms with Crippen molar-refractivity contribution in [2.24, 2.45) is 5.92 Å². The molecule has 1 aliphatic rings. The Bertz CT molecular complexity index is 775. The van der Waals surface area contributed by atoms with Crippen molar-refractivity contribution in [3.05, 3.63) is 46.6 Å². The fraction of sp³-hybridized carbons (Fsp3) is 0.476. The number of aromatic nitrogens is 2. The number of hydrogen-bond acceptors (Lipinski definition) is 5. The molecule has 150 valence electrons. The largest absolute Gasteiger partial charge is 0.369 e. The van der Waals surface area contributed by atoms with Crippen LogP contribution in [0.3, 0.4) is 0 Å². The maximum Gasteiger partial charge on any atom is 0.256 e. The van der Waals surface area contributed by atoms with E-state index in [0.717, 1.165) is 12.1 Å². The Labute approximate surface area is 171 Å². The molecule has 1 aliphatic carbocycles. The Morgan fingerprint density at radius 2 is 1.89 bits per heavy atom. The summed E-state index contributed by atoms with van der Waals surface area (Å²) in [5.74, 6) is 1.56. The molecule has 1 heterocycles. The number of nitrogens with one attached hydrogen (secondary N) is 3. The molecular formula is C21H28ClN5O. The highest BCUT2D eigenvalue weighted by Gasteiger charge is 2.17. The van der Waals surface area contributed by atoms with E-state index in [1.807, 2.05) is 31.2 Å². The summed E-state index contributed by atoms with van der Waals surface area (Å²) < 4.78 is 0. The van der Waals surface area contributed by atoms with Crippen LogP contribution in [0, 0.1) is 5.92 Å². The molecule has 0 bridgehead atoms. The van der Waals surface area contributed by atoms with E-state index in [4.69, 9.17) is 11.6 Å². The van der Waals surface area contributed by atoms with Gasteiger partial charge >= 0.3 is 0 Å². The van der Waals surface area contributed by atoms with E-state index >= 15 is 0 Å². The maximum absolute atomic E-state index is 12.4. The van der Waals surface area contributed by atoms with Gasteiger partial charge in [0.15, 0.2) is 0 Å². The second kappa shape index (κ2) is 10.3. The van der Waals surface area contributed by atoms with Crippen molar-refractivity contribution in [1.29, 1.82) is 0 Å². The van der Waals surface area contributed by atoms with E-state index in [0.29, 0.717) is 41.4 Å². The van der Waals surface area contributed by atoms with E-state index < -0.39 is 0 Å². The predicted octanol–water partition coefficient (Wildman–Crippen LogP) is 4.48. The predicted molar refractivity (Wildman–Crippen MR) is 114 cm³/mol. The summed E-state index contributed by atoms with van der Waals surface area (Å²) in [5, 5.41) is 10.2. The van der Waals surface area contributed by atoms with Gasteiger partial charge in [0.05, 0.1) is 0 Å². The number of carbonyl (C=O) groups is 1. The monoisotopic (exact) mass is 401 g/mol. The Morgan fingerprint density at radius 3 is 2.61 bits per heavy atom. The molecule has 6 nitrogen and oxygen atoms in total. The maximum atomic E-state index is 12.4. The highest BCUT2D eigenvalue weighted by molar-refractivity contribution is 6.30. The van der Waals surface area contributed by atoms with Gasteiger partial charge in [0.25, 0.3) is 5.91 Å². The van der Waals surface area contributed by atoms with E-state index in [1.54, 1.807) is 6.20 Å². The van der Waals surface area contributed by atoms with Crippen LogP contribution >= 0.6 is 11.6 Å². The first kappa shape index (κ1) is 20.4. The first-order valence-corrected chi connectivity index (χ1v) is 10.4. The molecule has 0 unspecified atom stereocenters. The molecular weight excluding hydrogens is 374 g/mol. The second-order valence-electron chi connectivity index (χ2n) is 7.18. The molecule has 1 aromatic heterocycles. The number of rotatable bonds is 8. The summed E-state index contributed by atoms with van der Waals surface area (Å²) in [6.07, 6.45) is 7.95. The standard InChI is InChI=1S/C21H28ClN5O/c1-2-23-20(28)18-14-26-21(25-13-16-8-10-17(22)11-9-16)27-19(18)24-12-15-6-4-3-5-7-15/h8-11,14-15H,2-7,12-13H2,1H3,(H,23,28)(H2,24,25,26,27). The van der Waals surface area contributed by atoms with Crippen molar-refractivity contribution >= 4 is 29.3 Å². The zero-order chi connectivity index (χ0) is 19.8. The highest BCUT2D eigenvalue weighted by Crippen LogP contribution is 2.24. The molecule has 1 amide bonds. The first-order valence-electron chi connectivity index (χ1n) is 10.0. The van der Waals surface area contributed by atoms with Gasteiger partial charge in [-0.05, 0) is 43.4 Å². The summed E-state index contributed by atoms with van der Waals surface area (Å²) in [6, 6.07) is 7.63. The van der Waals surface area contributed by atoms with Gasteiger partial charge in [-0.2, -0.15) is 4.98 Å². The lowest BCUT2D eigenvalue weighted by atomic mass is 9.89. The Morgan fingerprint density at radius 1 is 1.14 bits per heavy atom. The number of carbonyl (C=O) groups excluding carboxylic acids is 1. The van der Waals surface area contributed by atoms with Crippen molar-refractivity contribution in [2.45, 2.75) is 45.6 Å². The van der Waals surface area contributed by atoms with Crippen LogP contribution in [-0.2, 0) is 6.54 Å². The van der Waals surface area contributed by atoms with Crippen LogP contribution in [0.5, 0.6) is 0 Å². The number of halogens is 1. The van der Waals surface area contributed by atoms with Gasteiger partial charge < -0.3 is 16.0 Å². The van der Waals surface area contributed by atoms with Crippen molar-refractivity contribution in [3.63, 3.8) is 0 Å². The van der Waals surface area contributed by atoms with Crippen molar-refractivity contribution in [3.8, 4) is 0 Å². The first-order chi connectivity index (χ1) is 13.7. The molecule has 3 rings (SSSR count). The van der Waals surface area contributed by atoms with Gasteiger partial charge in [0.2, 0.25) is 5.95 Å². The molecule has 3 N–H and O–H groups in total. The van der Waals surface area contributed by atoms with Gasteiger partial charge in [-0.1, -0.05) is 43.0 Å². The van der Waals surface area contributed by atoms with Crippen molar-refractivity contribution in [1.82, 2.24) is 15.3 Å². The Balaban J connectivity index is 1.70. The highest BCUT2D eigenvalue weighted by atomic mass is 35.5. The lowest BCUT2D eigenvalue weighted by Gasteiger charge is -2.22. The van der Waals surface area contributed by atoms with Crippen LogP contribution in [-0.4, -0.2) is 29.0 Å². The zero-order valence-corrected chi connectivity index (χ0v) is 17.1. The fourth-order valence-electron chi connectivity index (χ4n) is 3.44. The van der Waals surface area contributed by atoms with Crippen LogP contribution < -0.4 is 16.0 Å².